The molecular formula is C7H17N3. The molecule has 1 rings (SSSR count). The molecule has 0 spiro atoms. The molecule has 5 N–H and O–H groups in total. The highest BCUT2D eigenvalue weighted by Gasteiger charge is 2.21. The lowest BCUT2D eigenvalue weighted by Gasteiger charge is -2.30. The molecule has 2 atom stereocenters. The van der Waals surface area contributed by atoms with Crippen molar-refractivity contribution in [3.05, 3.63) is 0 Å². The van der Waals surface area contributed by atoms with Crippen molar-refractivity contribution in [1.29, 1.82) is 0 Å². The number of nitrogens with two attached hydrogens (primary N) is 2. The van der Waals surface area contributed by atoms with Gasteiger partial charge in [-0.15, -0.1) is 0 Å². The third-order valence-electron chi connectivity index (χ3n) is 2.37. The van der Waals surface area contributed by atoms with Gasteiger partial charge in [-0.2, -0.15) is 0 Å². The fourth-order valence-corrected chi connectivity index (χ4v) is 1.56. The van der Waals surface area contributed by atoms with Crippen LogP contribution in [0.5, 0.6) is 0 Å². The van der Waals surface area contributed by atoms with Crippen molar-refractivity contribution >= 4 is 0 Å². The highest BCUT2D eigenvalue weighted by Crippen LogP contribution is 2.15. The van der Waals surface area contributed by atoms with Crippen LogP contribution in [-0.4, -0.2) is 26.2 Å². The molecule has 0 radical (unpaired) electrons. The molecule has 0 aromatic heterocycles. The molecule has 1 fully saturated rings. The van der Waals surface area contributed by atoms with Crippen LogP contribution in [0.2, 0.25) is 0 Å². The van der Waals surface area contributed by atoms with Crippen LogP contribution >= 0.6 is 0 Å². The van der Waals surface area contributed by atoms with Crippen molar-refractivity contribution in [1.82, 2.24) is 5.32 Å². The van der Waals surface area contributed by atoms with Crippen LogP contribution in [0.25, 0.3) is 0 Å². The molecule has 0 aromatic rings. The lowest BCUT2D eigenvalue weighted by molar-refractivity contribution is 0.267. The van der Waals surface area contributed by atoms with Gasteiger partial charge >= 0.3 is 0 Å². The van der Waals surface area contributed by atoms with Crippen LogP contribution in [0.3, 0.4) is 0 Å². The Hall–Kier alpha value is -0.120. The van der Waals surface area contributed by atoms with Gasteiger partial charge in [-0.1, -0.05) is 0 Å². The topological polar surface area (TPSA) is 64.1 Å². The van der Waals surface area contributed by atoms with E-state index in [4.69, 9.17) is 11.5 Å². The predicted molar refractivity (Wildman–Crippen MR) is 42.6 cm³/mol. The fourth-order valence-electron chi connectivity index (χ4n) is 1.56. The second kappa shape index (κ2) is 3.91. The molecule has 1 saturated heterocycles. The van der Waals surface area contributed by atoms with E-state index >= 15 is 0 Å². The molecule has 60 valence electrons. The molecule has 0 amide bonds. The van der Waals surface area contributed by atoms with Gasteiger partial charge in [0.25, 0.3) is 0 Å². The summed E-state index contributed by atoms with van der Waals surface area (Å²) in [6.07, 6.45) is 1.19. The van der Waals surface area contributed by atoms with Gasteiger partial charge in [-0.3, -0.25) is 0 Å². The summed E-state index contributed by atoms with van der Waals surface area (Å²) in [6, 6.07) is 0. The summed E-state index contributed by atoms with van der Waals surface area (Å²) in [7, 11) is 0. The molecule has 3 nitrogen and oxygen atoms in total. The van der Waals surface area contributed by atoms with Gasteiger partial charge in [-0.25, -0.2) is 0 Å². The normalized spacial score (nSPS) is 34.2. The van der Waals surface area contributed by atoms with Gasteiger partial charge in [0.15, 0.2) is 0 Å². The maximum absolute atomic E-state index is 5.59. The van der Waals surface area contributed by atoms with Gasteiger partial charge in [0.05, 0.1) is 0 Å². The summed E-state index contributed by atoms with van der Waals surface area (Å²) in [5.74, 6) is 1.27. The summed E-state index contributed by atoms with van der Waals surface area (Å²) in [4.78, 5) is 0. The first kappa shape index (κ1) is 7.98. The van der Waals surface area contributed by atoms with E-state index < -0.39 is 0 Å². The summed E-state index contributed by atoms with van der Waals surface area (Å²) in [6.45, 7) is 3.73. The Kier molecular flexibility index (Phi) is 3.12. The van der Waals surface area contributed by atoms with Crippen LogP contribution in [0.4, 0.5) is 0 Å². The van der Waals surface area contributed by atoms with Crippen LogP contribution in [0, 0.1) is 11.8 Å². The highest BCUT2D eigenvalue weighted by atomic mass is 14.9. The van der Waals surface area contributed by atoms with E-state index in [-0.39, 0.29) is 0 Å². The van der Waals surface area contributed by atoms with Crippen molar-refractivity contribution < 1.29 is 0 Å². The van der Waals surface area contributed by atoms with E-state index in [1.54, 1.807) is 0 Å². The van der Waals surface area contributed by atoms with Crippen molar-refractivity contribution in [3.63, 3.8) is 0 Å². The Labute approximate surface area is 62.2 Å². The van der Waals surface area contributed by atoms with Crippen LogP contribution < -0.4 is 16.8 Å². The number of hydrogen-bond donors (Lipinski definition) is 3. The first-order valence-electron chi connectivity index (χ1n) is 3.99. The fraction of sp³-hybridized carbons (Fsp3) is 1.00. The van der Waals surface area contributed by atoms with Crippen molar-refractivity contribution in [2.75, 3.05) is 26.2 Å². The molecule has 0 aliphatic carbocycles. The minimum atomic E-state index is 0.610. The maximum atomic E-state index is 5.59. The molecule has 0 aromatic carbocycles. The minimum Gasteiger partial charge on any atom is -0.330 e. The second-order valence-corrected chi connectivity index (χ2v) is 2.98. The molecule has 0 saturated carbocycles. The van der Waals surface area contributed by atoms with Crippen LogP contribution in [0.1, 0.15) is 6.42 Å². The van der Waals surface area contributed by atoms with Crippen LogP contribution in [-0.2, 0) is 0 Å². The maximum Gasteiger partial charge on any atom is -0.000531 e. The number of nitrogens with one attached hydrogen (secondary N) is 1. The second-order valence-electron chi connectivity index (χ2n) is 2.98. The van der Waals surface area contributed by atoms with E-state index in [1.807, 2.05) is 0 Å². The summed E-state index contributed by atoms with van der Waals surface area (Å²) >= 11 is 0. The van der Waals surface area contributed by atoms with Crippen molar-refractivity contribution in [2.45, 2.75) is 6.42 Å². The van der Waals surface area contributed by atoms with Gasteiger partial charge in [0.2, 0.25) is 0 Å². The number of piperidine rings is 1. The average molecular weight is 143 g/mol. The molecule has 3 heteroatoms. The largest absolute Gasteiger partial charge is 0.330 e. The van der Waals surface area contributed by atoms with E-state index in [9.17, 15) is 0 Å². The van der Waals surface area contributed by atoms with Crippen LogP contribution in [0.15, 0.2) is 0 Å². The Bertz CT molecular complexity index is 82.9. The van der Waals surface area contributed by atoms with E-state index in [0.29, 0.717) is 11.8 Å². The standard InChI is InChI=1S/C7H17N3/c8-3-6-1-2-10-5-7(6)4-9/h6-7,10H,1-5,8-9H2. The highest BCUT2D eigenvalue weighted by molar-refractivity contribution is 4.78. The lowest BCUT2D eigenvalue weighted by Crippen LogP contribution is -2.43. The predicted octanol–water partition coefficient (Wildman–Crippen LogP) is -0.870. The smallest absolute Gasteiger partial charge is 0.000531 e. The average Bonchev–Trinajstić information content (AvgIpc) is 2.04. The van der Waals surface area contributed by atoms with Gasteiger partial charge in [0.1, 0.15) is 0 Å². The van der Waals surface area contributed by atoms with E-state index in [0.717, 1.165) is 26.2 Å². The van der Waals surface area contributed by atoms with Crippen molar-refractivity contribution in [3.8, 4) is 0 Å². The third-order valence-corrected chi connectivity index (χ3v) is 2.37. The Morgan fingerprint density at radius 1 is 1.20 bits per heavy atom. The SMILES string of the molecule is NCC1CCNCC1CN. The molecular weight excluding hydrogens is 126 g/mol. The molecule has 0 bridgehead atoms. The van der Waals surface area contributed by atoms with Gasteiger partial charge in [0, 0.05) is 0 Å². The minimum absolute atomic E-state index is 0.610. The zero-order chi connectivity index (χ0) is 7.40. The van der Waals surface area contributed by atoms with E-state index in [2.05, 4.69) is 5.32 Å². The first-order chi connectivity index (χ1) is 4.88. The zero-order valence-electron chi connectivity index (χ0n) is 6.34. The number of hydrogen-bond acceptors (Lipinski definition) is 3. The molecule has 10 heavy (non-hydrogen) atoms. The monoisotopic (exact) mass is 143 g/mol. The third kappa shape index (κ3) is 1.68. The molecule has 1 heterocycles. The van der Waals surface area contributed by atoms with Crippen molar-refractivity contribution in [2.24, 2.45) is 23.3 Å². The summed E-state index contributed by atoms with van der Waals surface area (Å²) < 4.78 is 0. The first-order valence-corrected chi connectivity index (χ1v) is 3.99. The van der Waals surface area contributed by atoms with Gasteiger partial charge in [-0.05, 0) is 44.4 Å². The summed E-state index contributed by atoms with van der Waals surface area (Å²) in [5, 5.41) is 3.31. The Morgan fingerprint density at radius 3 is 2.40 bits per heavy atom. The zero-order valence-corrected chi connectivity index (χ0v) is 6.34. The molecule has 1 aliphatic rings. The van der Waals surface area contributed by atoms with Gasteiger partial charge < -0.3 is 16.8 Å². The Morgan fingerprint density at radius 2 is 1.90 bits per heavy atom. The molecule has 1 aliphatic heterocycles. The summed E-state index contributed by atoms with van der Waals surface area (Å²) in [5.41, 5.74) is 11.2. The quantitative estimate of drug-likeness (QED) is 0.471. The Balaban J connectivity index is 2.34. The lowest BCUT2D eigenvalue weighted by atomic mass is 9.87. The number of rotatable bonds is 2. The molecule has 2 unspecified atom stereocenters. The van der Waals surface area contributed by atoms with E-state index in [1.165, 1.54) is 6.42 Å².